The lowest BCUT2D eigenvalue weighted by Gasteiger charge is -2.44. The molecule has 1 aromatic rings. The number of ether oxygens (including phenoxy) is 1. The summed E-state index contributed by atoms with van der Waals surface area (Å²) in [6, 6.07) is 7.56. The van der Waals surface area contributed by atoms with Gasteiger partial charge in [-0.25, -0.2) is 0 Å². The molecule has 168 valence electrons. The molecule has 1 aromatic carbocycles. The van der Waals surface area contributed by atoms with Gasteiger partial charge in [0.05, 0.1) is 6.04 Å². The Kier molecular flexibility index (Phi) is 7.54. The topological polar surface area (TPSA) is 58.6 Å². The van der Waals surface area contributed by atoms with Gasteiger partial charge in [-0.15, -0.1) is 0 Å². The summed E-state index contributed by atoms with van der Waals surface area (Å²) in [5.41, 5.74) is 0.823. The normalized spacial score (nSPS) is 26.5. The molecule has 31 heavy (non-hydrogen) atoms. The van der Waals surface area contributed by atoms with Crippen molar-refractivity contribution in [3.05, 3.63) is 40.6 Å². The van der Waals surface area contributed by atoms with E-state index in [0.717, 1.165) is 44.1 Å². The van der Waals surface area contributed by atoms with Gasteiger partial charge in [-0.1, -0.05) is 62.3 Å². The maximum absolute atomic E-state index is 13.3. The number of halogens is 1. The number of nitrogens with zero attached hydrogens (tertiary/aromatic N) is 1. The van der Waals surface area contributed by atoms with Crippen LogP contribution in [-0.4, -0.2) is 41.4 Å². The number of carbonyl (C=O) groups is 2. The molecule has 1 aliphatic heterocycles. The highest BCUT2D eigenvalue weighted by molar-refractivity contribution is 6.30. The fourth-order valence-corrected chi connectivity index (χ4v) is 5.34. The lowest BCUT2D eigenvalue weighted by atomic mass is 9.89. The molecule has 1 N–H and O–H groups in total. The molecule has 0 bridgehead atoms. The van der Waals surface area contributed by atoms with Crippen LogP contribution in [0.3, 0.4) is 0 Å². The summed E-state index contributed by atoms with van der Waals surface area (Å²) in [6.45, 7) is 0.104. The molecule has 2 saturated carbocycles. The SMILES string of the molecule is O=C(CN1C(=O)/C(=C\c2cccc(Cl)c2)OC2CCCCC21)NC1CCCCCCC1. The molecule has 1 saturated heterocycles. The minimum Gasteiger partial charge on any atom is -0.482 e. The summed E-state index contributed by atoms with van der Waals surface area (Å²) in [6.07, 6.45) is 13.8. The van der Waals surface area contributed by atoms with E-state index >= 15 is 0 Å². The van der Waals surface area contributed by atoms with E-state index in [4.69, 9.17) is 16.3 Å². The Morgan fingerprint density at radius 3 is 2.55 bits per heavy atom. The van der Waals surface area contributed by atoms with Crippen LogP contribution in [0.25, 0.3) is 6.08 Å². The molecule has 2 amide bonds. The molecular formula is C25H33ClN2O3. The van der Waals surface area contributed by atoms with Crippen molar-refractivity contribution in [1.82, 2.24) is 10.2 Å². The fourth-order valence-electron chi connectivity index (χ4n) is 5.14. The number of rotatable bonds is 4. The Labute approximate surface area is 190 Å². The summed E-state index contributed by atoms with van der Waals surface area (Å²) in [4.78, 5) is 28.0. The van der Waals surface area contributed by atoms with Gasteiger partial charge in [0.15, 0.2) is 5.76 Å². The lowest BCUT2D eigenvalue weighted by Crippen LogP contribution is -2.57. The van der Waals surface area contributed by atoms with Gasteiger partial charge in [0.2, 0.25) is 5.91 Å². The monoisotopic (exact) mass is 444 g/mol. The van der Waals surface area contributed by atoms with Crippen molar-refractivity contribution in [3.63, 3.8) is 0 Å². The molecule has 2 aliphatic carbocycles. The minimum absolute atomic E-state index is 0.0270. The maximum atomic E-state index is 13.3. The van der Waals surface area contributed by atoms with Crippen molar-refractivity contribution < 1.29 is 14.3 Å². The van der Waals surface area contributed by atoms with Crippen LogP contribution >= 0.6 is 11.6 Å². The van der Waals surface area contributed by atoms with Gasteiger partial charge in [0.1, 0.15) is 12.6 Å². The Balaban J connectivity index is 1.48. The van der Waals surface area contributed by atoms with Gasteiger partial charge in [-0.3, -0.25) is 9.59 Å². The van der Waals surface area contributed by atoms with Gasteiger partial charge in [-0.2, -0.15) is 0 Å². The Morgan fingerprint density at radius 1 is 1.06 bits per heavy atom. The molecular weight excluding hydrogens is 412 g/mol. The van der Waals surface area contributed by atoms with E-state index in [1.807, 2.05) is 18.2 Å². The van der Waals surface area contributed by atoms with Crippen LogP contribution in [0.1, 0.15) is 76.2 Å². The summed E-state index contributed by atoms with van der Waals surface area (Å²) in [5, 5.41) is 3.83. The number of carbonyl (C=O) groups excluding carboxylic acids is 2. The first-order valence-electron chi connectivity index (χ1n) is 11.8. The van der Waals surface area contributed by atoms with Crippen LogP contribution in [-0.2, 0) is 14.3 Å². The Morgan fingerprint density at radius 2 is 1.77 bits per heavy atom. The predicted molar refractivity (Wildman–Crippen MR) is 123 cm³/mol. The first kappa shape index (κ1) is 22.2. The molecule has 1 heterocycles. The highest BCUT2D eigenvalue weighted by atomic mass is 35.5. The first-order valence-corrected chi connectivity index (χ1v) is 12.2. The zero-order chi connectivity index (χ0) is 21.6. The van der Waals surface area contributed by atoms with E-state index in [9.17, 15) is 9.59 Å². The third-order valence-electron chi connectivity index (χ3n) is 6.75. The van der Waals surface area contributed by atoms with Crippen LogP contribution in [0.5, 0.6) is 0 Å². The van der Waals surface area contributed by atoms with Gasteiger partial charge in [-0.05, 0) is 55.9 Å². The second-order valence-corrected chi connectivity index (χ2v) is 9.55. The van der Waals surface area contributed by atoms with Crippen molar-refractivity contribution in [3.8, 4) is 0 Å². The molecule has 2 atom stereocenters. The quantitative estimate of drug-likeness (QED) is 0.659. The third kappa shape index (κ3) is 5.82. The van der Waals surface area contributed by atoms with Crippen molar-refractivity contribution in [2.75, 3.05) is 6.54 Å². The summed E-state index contributed by atoms with van der Waals surface area (Å²) in [7, 11) is 0. The fraction of sp³-hybridized carbons (Fsp3) is 0.600. The van der Waals surface area contributed by atoms with E-state index in [0.29, 0.717) is 10.8 Å². The van der Waals surface area contributed by atoms with Crippen molar-refractivity contribution >= 4 is 29.5 Å². The first-order chi connectivity index (χ1) is 15.1. The van der Waals surface area contributed by atoms with Crippen molar-refractivity contribution in [2.45, 2.75) is 88.8 Å². The summed E-state index contributed by atoms with van der Waals surface area (Å²) in [5.74, 6) is 0.0624. The molecule has 3 fully saturated rings. The number of morpholine rings is 1. The summed E-state index contributed by atoms with van der Waals surface area (Å²) < 4.78 is 6.13. The molecule has 0 aromatic heterocycles. The number of nitrogens with one attached hydrogen (secondary N) is 1. The van der Waals surface area contributed by atoms with E-state index in [2.05, 4.69) is 5.32 Å². The van der Waals surface area contributed by atoms with Gasteiger partial charge in [0.25, 0.3) is 5.91 Å². The van der Waals surface area contributed by atoms with Crippen molar-refractivity contribution in [2.24, 2.45) is 0 Å². The number of amides is 2. The second kappa shape index (κ2) is 10.5. The van der Waals surface area contributed by atoms with Gasteiger partial charge < -0.3 is 15.0 Å². The van der Waals surface area contributed by atoms with Crippen LogP contribution in [0.2, 0.25) is 5.02 Å². The van der Waals surface area contributed by atoms with E-state index < -0.39 is 0 Å². The molecule has 0 radical (unpaired) electrons. The minimum atomic E-state index is -0.198. The van der Waals surface area contributed by atoms with Gasteiger partial charge >= 0.3 is 0 Å². The second-order valence-electron chi connectivity index (χ2n) is 9.11. The summed E-state index contributed by atoms with van der Waals surface area (Å²) >= 11 is 6.10. The van der Waals surface area contributed by atoms with Crippen molar-refractivity contribution in [1.29, 1.82) is 0 Å². The molecule has 5 nitrogen and oxygen atoms in total. The zero-order valence-electron chi connectivity index (χ0n) is 18.2. The van der Waals surface area contributed by atoms with Crippen LogP contribution < -0.4 is 5.32 Å². The smallest absolute Gasteiger partial charge is 0.289 e. The number of fused-ring (bicyclic) bond motifs is 1. The molecule has 6 heteroatoms. The molecule has 2 unspecified atom stereocenters. The Bertz CT molecular complexity index is 817. The highest BCUT2D eigenvalue weighted by Crippen LogP contribution is 2.33. The number of benzene rings is 1. The molecule has 0 spiro atoms. The van der Waals surface area contributed by atoms with E-state index in [1.54, 1.807) is 17.0 Å². The standard InChI is InChI=1S/C25H33ClN2O3/c26-19-10-8-9-18(15-19)16-23-25(30)28(21-13-6-7-14-22(21)31-23)17-24(29)27-20-11-4-2-1-3-5-12-20/h8-10,15-16,20-22H,1-7,11-14,17H2,(H,27,29)/b23-16+. The zero-order valence-corrected chi connectivity index (χ0v) is 18.9. The van der Waals surface area contributed by atoms with Crippen LogP contribution in [0.4, 0.5) is 0 Å². The van der Waals surface area contributed by atoms with E-state index in [1.165, 1.54) is 32.1 Å². The Hall–Kier alpha value is -2.01. The van der Waals surface area contributed by atoms with Gasteiger partial charge in [0, 0.05) is 11.1 Å². The molecule has 3 aliphatic rings. The largest absolute Gasteiger partial charge is 0.482 e. The third-order valence-corrected chi connectivity index (χ3v) is 6.98. The predicted octanol–water partition coefficient (Wildman–Crippen LogP) is 5.08. The van der Waals surface area contributed by atoms with Crippen LogP contribution in [0, 0.1) is 0 Å². The van der Waals surface area contributed by atoms with E-state index in [-0.39, 0.29) is 36.5 Å². The highest BCUT2D eigenvalue weighted by Gasteiger charge is 2.42. The number of hydrogen-bond donors (Lipinski definition) is 1. The average Bonchev–Trinajstić information content (AvgIpc) is 2.73. The molecule has 4 rings (SSSR count). The van der Waals surface area contributed by atoms with Crippen LogP contribution in [0.15, 0.2) is 30.0 Å². The lowest BCUT2D eigenvalue weighted by molar-refractivity contribution is -0.152. The maximum Gasteiger partial charge on any atom is 0.289 e. The average molecular weight is 445 g/mol. The number of hydrogen-bond acceptors (Lipinski definition) is 3.